The van der Waals surface area contributed by atoms with E-state index in [9.17, 15) is 9.90 Å². The van der Waals surface area contributed by atoms with E-state index in [1.165, 1.54) is 18.2 Å². The number of rotatable bonds is 3. The van der Waals surface area contributed by atoms with Crippen LogP contribution in [-0.4, -0.2) is 16.7 Å². The number of hydrogen-bond donors (Lipinski definition) is 3. The van der Waals surface area contributed by atoms with Gasteiger partial charge in [-0.05, 0) is 42.8 Å². The van der Waals surface area contributed by atoms with Crippen LogP contribution in [0.3, 0.4) is 0 Å². The van der Waals surface area contributed by atoms with E-state index in [1.807, 2.05) is 0 Å². The number of anilines is 1. The molecule has 0 aliphatic rings. The van der Waals surface area contributed by atoms with Gasteiger partial charge in [-0.2, -0.15) is 5.10 Å². The summed E-state index contributed by atoms with van der Waals surface area (Å²) in [5.41, 5.74) is 10.2. The molecule has 0 atom stereocenters. The molecule has 6 heteroatoms. The normalized spacial score (nSPS) is 11.2. The molecule has 0 bridgehead atoms. The number of carbonyl (C=O) groups excluding carboxylic acids is 1. The SMILES string of the molecule is CC(=NNC(=O)c1cc(Cl)ccc1O)c1ccc(N)cc1. The highest BCUT2D eigenvalue weighted by Crippen LogP contribution is 2.21. The van der Waals surface area contributed by atoms with Gasteiger partial charge in [0.1, 0.15) is 5.75 Å². The molecule has 0 spiro atoms. The van der Waals surface area contributed by atoms with Crippen molar-refractivity contribution in [2.24, 2.45) is 5.10 Å². The number of aromatic hydroxyl groups is 1. The summed E-state index contributed by atoms with van der Waals surface area (Å²) in [6.45, 7) is 1.75. The van der Waals surface area contributed by atoms with Crippen LogP contribution in [0.15, 0.2) is 47.6 Å². The third-order valence-electron chi connectivity index (χ3n) is 2.86. The van der Waals surface area contributed by atoms with Crippen molar-refractivity contribution in [3.8, 4) is 5.75 Å². The predicted octanol–water partition coefficient (Wildman–Crippen LogP) is 2.78. The second kappa shape index (κ2) is 6.28. The Balaban J connectivity index is 2.14. The second-order valence-electron chi connectivity index (χ2n) is 4.42. The van der Waals surface area contributed by atoms with Gasteiger partial charge in [0.25, 0.3) is 5.91 Å². The van der Waals surface area contributed by atoms with Gasteiger partial charge < -0.3 is 10.8 Å². The van der Waals surface area contributed by atoms with Crippen molar-refractivity contribution < 1.29 is 9.90 Å². The highest BCUT2D eigenvalue weighted by atomic mass is 35.5. The van der Waals surface area contributed by atoms with Gasteiger partial charge in [-0.1, -0.05) is 23.7 Å². The van der Waals surface area contributed by atoms with Gasteiger partial charge in [-0.3, -0.25) is 4.79 Å². The quantitative estimate of drug-likeness (QED) is 0.463. The number of nitrogens with two attached hydrogens (primary N) is 1. The number of nitrogens with one attached hydrogen (secondary N) is 1. The molecule has 5 nitrogen and oxygen atoms in total. The van der Waals surface area contributed by atoms with Crippen molar-refractivity contribution in [1.82, 2.24) is 5.43 Å². The average molecular weight is 304 g/mol. The van der Waals surface area contributed by atoms with Gasteiger partial charge >= 0.3 is 0 Å². The van der Waals surface area contributed by atoms with Crippen LogP contribution >= 0.6 is 11.6 Å². The zero-order valence-corrected chi connectivity index (χ0v) is 12.1. The molecule has 0 aliphatic carbocycles. The van der Waals surface area contributed by atoms with Crippen molar-refractivity contribution in [2.75, 3.05) is 5.73 Å². The number of hydrogen-bond acceptors (Lipinski definition) is 4. The van der Waals surface area contributed by atoms with Gasteiger partial charge in [0, 0.05) is 10.7 Å². The fourth-order valence-corrected chi connectivity index (χ4v) is 1.85. The molecule has 0 unspecified atom stereocenters. The van der Waals surface area contributed by atoms with Crippen LogP contribution < -0.4 is 11.2 Å². The molecule has 2 aromatic carbocycles. The number of benzene rings is 2. The molecular formula is C15H14ClN3O2. The van der Waals surface area contributed by atoms with Gasteiger partial charge in [0.2, 0.25) is 0 Å². The molecule has 21 heavy (non-hydrogen) atoms. The molecule has 0 aliphatic heterocycles. The minimum Gasteiger partial charge on any atom is -0.507 e. The molecule has 0 aromatic heterocycles. The van der Waals surface area contributed by atoms with Crippen molar-refractivity contribution in [3.05, 3.63) is 58.6 Å². The first kappa shape index (κ1) is 14.9. The summed E-state index contributed by atoms with van der Waals surface area (Å²) < 4.78 is 0. The van der Waals surface area contributed by atoms with E-state index >= 15 is 0 Å². The van der Waals surface area contributed by atoms with Gasteiger partial charge in [0.15, 0.2) is 0 Å². The van der Waals surface area contributed by atoms with Crippen molar-refractivity contribution >= 4 is 28.9 Å². The average Bonchev–Trinajstić information content (AvgIpc) is 2.47. The van der Waals surface area contributed by atoms with Crippen molar-refractivity contribution in [1.29, 1.82) is 0 Å². The summed E-state index contributed by atoms with van der Waals surface area (Å²) in [6.07, 6.45) is 0. The number of amides is 1. The lowest BCUT2D eigenvalue weighted by molar-refractivity contribution is 0.0952. The lowest BCUT2D eigenvalue weighted by Gasteiger charge is -2.05. The number of carbonyl (C=O) groups is 1. The summed E-state index contributed by atoms with van der Waals surface area (Å²) in [6, 6.07) is 11.3. The van der Waals surface area contributed by atoms with E-state index in [4.69, 9.17) is 17.3 Å². The molecule has 0 fully saturated rings. The van der Waals surface area contributed by atoms with E-state index in [-0.39, 0.29) is 11.3 Å². The van der Waals surface area contributed by atoms with Gasteiger partial charge in [-0.15, -0.1) is 0 Å². The lowest BCUT2D eigenvalue weighted by atomic mass is 10.1. The Morgan fingerprint density at radius 3 is 2.57 bits per heavy atom. The fourth-order valence-electron chi connectivity index (χ4n) is 1.67. The Morgan fingerprint density at radius 2 is 1.90 bits per heavy atom. The summed E-state index contributed by atoms with van der Waals surface area (Å²) in [5, 5.41) is 14.0. The maximum absolute atomic E-state index is 12.0. The van der Waals surface area contributed by atoms with E-state index in [0.29, 0.717) is 16.4 Å². The van der Waals surface area contributed by atoms with Crippen LogP contribution in [0.1, 0.15) is 22.8 Å². The standard InChI is InChI=1S/C15H14ClN3O2/c1-9(10-2-5-12(17)6-3-10)18-19-15(21)13-8-11(16)4-7-14(13)20/h2-8,20H,17H2,1H3,(H,19,21). The Bertz CT molecular complexity index is 697. The zero-order chi connectivity index (χ0) is 15.4. The summed E-state index contributed by atoms with van der Waals surface area (Å²) in [4.78, 5) is 12.0. The van der Waals surface area contributed by atoms with Crippen LogP contribution in [0.4, 0.5) is 5.69 Å². The molecule has 0 radical (unpaired) electrons. The molecular weight excluding hydrogens is 290 g/mol. The fraction of sp³-hybridized carbons (Fsp3) is 0.0667. The van der Waals surface area contributed by atoms with Gasteiger partial charge in [0.05, 0.1) is 11.3 Å². The predicted molar refractivity (Wildman–Crippen MR) is 83.6 cm³/mol. The van der Waals surface area contributed by atoms with Crippen LogP contribution in [0.2, 0.25) is 5.02 Å². The third kappa shape index (κ3) is 3.73. The van der Waals surface area contributed by atoms with Crippen LogP contribution in [-0.2, 0) is 0 Å². The van der Waals surface area contributed by atoms with E-state index < -0.39 is 5.91 Å². The first-order valence-corrected chi connectivity index (χ1v) is 6.54. The largest absolute Gasteiger partial charge is 0.507 e. The van der Waals surface area contributed by atoms with E-state index in [2.05, 4.69) is 10.5 Å². The van der Waals surface area contributed by atoms with Crippen LogP contribution in [0.25, 0.3) is 0 Å². The number of hydrazone groups is 1. The topological polar surface area (TPSA) is 87.7 Å². The van der Waals surface area contributed by atoms with Crippen LogP contribution in [0, 0.1) is 0 Å². The zero-order valence-electron chi connectivity index (χ0n) is 11.3. The molecule has 108 valence electrons. The number of phenolic OH excluding ortho intramolecular Hbond substituents is 1. The first-order chi connectivity index (χ1) is 9.97. The number of nitrogen functional groups attached to an aromatic ring is 1. The molecule has 1 amide bonds. The molecule has 4 N–H and O–H groups in total. The van der Waals surface area contributed by atoms with Crippen molar-refractivity contribution in [2.45, 2.75) is 6.92 Å². The monoisotopic (exact) mass is 303 g/mol. The Hall–Kier alpha value is -2.53. The second-order valence-corrected chi connectivity index (χ2v) is 4.86. The lowest BCUT2D eigenvalue weighted by Crippen LogP contribution is -2.19. The highest BCUT2D eigenvalue weighted by molar-refractivity contribution is 6.31. The Labute approximate surface area is 127 Å². The van der Waals surface area contributed by atoms with E-state index in [1.54, 1.807) is 31.2 Å². The summed E-state index contributed by atoms with van der Waals surface area (Å²) in [7, 11) is 0. The van der Waals surface area contributed by atoms with Gasteiger partial charge in [-0.25, -0.2) is 5.43 Å². The Morgan fingerprint density at radius 1 is 1.24 bits per heavy atom. The number of nitrogens with zero attached hydrogens (tertiary/aromatic N) is 1. The highest BCUT2D eigenvalue weighted by Gasteiger charge is 2.11. The van der Waals surface area contributed by atoms with Crippen LogP contribution in [0.5, 0.6) is 5.75 Å². The maximum atomic E-state index is 12.0. The molecule has 0 saturated heterocycles. The minimum atomic E-state index is -0.537. The maximum Gasteiger partial charge on any atom is 0.275 e. The third-order valence-corrected chi connectivity index (χ3v) is 3.09. The van der Waals surface area contributed by atoms with E-state index in [0.717, 1.165) is 5.56 Å². The smallest absolute Gasteiger partial charge is 0.275 e. The molecule has 2 rings (SSSR count). The number of phenols is 1. The number of halogens is 1. The minimum absolute atomic E-state index is 0.0661. The summed E-state index contributed by atoms with van der Waals surface area (Å²) in [5.74, 6) is -0.693. The first-order valence-electron chi connectivity index (χ1n) is 6.16. The molecule has 0 saturated carbocycles. The summed E-state index contributed by atoms with van der Waals surface area (Å²) >= 11 is 5.80. The molecule has 2 aromatic rings. The Kier molecular flexibility index (Phi) is 4.45. The molecule has 0 heterocycles. The van der Waals surface area contributed by atoms with Crippen molar-refractivity contribution in [3.63, 3.8) is 0 Å².